The summed E-state index contributed by atoms with van der Waals surface area (Å²) in [6.45, 7) is 0.503. The van der Waals surface area contributed by atoms with Gasteiger partial charge in [0.15, 0.2) is 0 Å². The molecule has 0 fully saturated rings. The molecule has 0 saturated heterocycles. The van der Waals surface area contributed by atoms with E-state index in [4.69, 9.17) is 0 Å². The first-order valence-electron chi connectivity index (χ1n) is 7.03. The molecule has 0 bridgehead atoms. The second-order valence-corrected chi connectivity index (χ2v) is 5.05. The van der Waals surface area contributed by atoms with E-state index in [0.717, 1.165) is 24.1 Å². The van der Waals surface area contributed by atoms with Crippen molar-refractivity contribution in [1.82, 2.24) is 9.88 Å². The van der Waals surface area contributed by atoms with Crippen molar-refractivity contribution in [3.63, 3.8) is 0 Å². The molecule has 0 atom stereocenters. The number of amides is 1. The predicted molar refractivity (Wildman–Crippen MR) is 80.0 cm³/mol. The van der Waals surface area contributed by atoms with Crippen molar-refractivity contribution in [2.24, 2.45) is 0 Å². The van der Waals surface area contributed by atoms with Gasteiger partial charge < -0.3 is 4.90 Å². The Bertz CT molecular complexity index is 569. The minimum atomic E-state index is -0.261. The number of hydrogen-bond acceptors (Lipinski definition) is 2. The van der Waals surface area contributed by atoms with Gasteiger partial charge in [-0.15, -0.1) is 0 Å². The first-order chi connectivity index (χ1) is 10.1. The highest BCUT2D eigenvalue weighted by molar-refractivity contribution is 5.75. The fourth-order valence-corrected chi connectivity index (χ4v) is 2.11. The standard InChI is InChI=1S/C17H19FN2O/c1-20(13-14-8-10-15(18)11-9-14)17(21)7-4-6-16-5-2-3-12-19-16/h2-3,5,8-12H,4,6-7,13H2,1H3. The summed E-state index contributed by atoms with van der Waals surface area (Å²) in [6, 6.07) is 12.0. The van der Waals surface area contributed by atoms with E-state index < -0.39 is 0 Å². The monoisotopic (exact) mass is 286 g/mol. The molecule has 2 rings (SSSR count). The lowest BCUT2D eigenvalue weighted by Crippen LogP contribution is -2.26. The SMILES string of the molecule is CN(Cc1ccc(F)cc1)C(=O)CCCc1ccccn1. The van der Waals surface area contributed by atoms with Crippen LogP contribution in [0.4, 0.5) is 4.39 Å². The van der Waals surface area contributed by atoms with Crippen LogP contribution in [0, 0.1) is 5.82 Å². The number of benzene rings is 1. The smallest absolute Gasteiger partial charge is 0.222 e. The fourth-order valence-electron chi connectivity index (χ4n) is 2.11. The molecule has 0 N–H and O–H groups in total. The van der Waals surface area contributed by atoms with Gasteiger partial charge in [-0.25, -0.2) is 4.39 Å². The van der Waals surface area contributed by atoms with E-state index in [1.165, 1.54) is 12.1 Å². The van der Waals surface area contributed by atoms with E-state index in [9.17, 15) is 9.18 Å². The molecule has 0 radical (unpaired) electrons. The molecule has 1 heterocycles. The number of aromatic nitrogens is 1. The lowest BCUT2D eigenvalue weighted by Gasteiger charge is -2.17. The quantitative estimate of drug-likeness (QED) is 0.817. The lowest BCUT2D eigenvalue weighted by atomic mass is 10.1. The van der Waals surface area contributed by atoms with Crippen molar-refractivity contribution in [3.8, 4) is 0 Å². The Morgan fingerprint density at radius 2 is 1.95 bits per heavy atom. The summed E-state index contributed by atoms with van der Waals surface area (Å²) in [5.41, 5.74) is 1.93. The molecule has 0 unspecified atom stereocenters. The maximum Gasteiger partial charge on any atom is 0.222 e. The summed E-state index contributed by atoms with van der Waals surface area (Å²) >= 11 is 0. The number of halogens is 1. The zero-order valence-corrected chi connectivity index (χ0v) is 12.1. The van der Waals surface area contributed by atoms with Gasteiger partial charge in [0.05, 0.1) is 0 Å². The molecule has 1 aromatic carbocycles. The summed E-state index contributed by atoms with van der Waals surface area (Å²) in [7, 11) is 1.77. The third kappa shape index (κ3) is 4.99. The summed E-state index contributed by atoms with van der Waals surface area (Å²) in [5, 5.41) is 0. The molecule has 0 saturated carbocycles. The second kappa shape index (κ2) is 7.53. The summed E-state index contributed by atoms with van der Waals surface area (Å²) < 4.78 is 12.8. The number of rotatable bonds is 6. The van der Waals surface area contributed by atoms with E-state index in [1.54, 1.807) is 30.3 Å². The average molecular weight is 286 g/mol. The Morgan fingerprint density at radius 1 is 1.19 bits per heavy atom. The van der Waals surface area contributed by atoms with Crippen molar-refractivity contribution < 1.29 is 9.18 Å². The van der Waals surface area contributed by atoms with Gasteiger partial charge in [-0.3, -0.25) is 9.78 Å². The number of carbonyl (C=O) groups excluding carboxylic acids is 1. The van der Waals surface area contributed by atoms with Gasteiger partial charge in [0.1, 0.15) is 5.82 Å². The summed E-state index contributed by atoms with van der Waals surface area (Å²) in [4.78, 5) is 17.9. The molecule has 21 heavy (non-hydrogen) atoms. The molecule has 0 aliphatic rings. The second-order valence-electron chi connectivity index (χ2n) is 5.05. The van der Waals surface area contributed by atoms with Gasteiger partial charge in [-0.2, -0.15) is 0 Å². The maximum absolute atomic E-state index is 12.8. The Labute approximate surface area is 124 Å². The van der Waals surface area contributed by atoms with E-state index in [2.05, 4.69) is 4.98 Å². The van der Waals surface area contributed by atoms with Crippen molar-refractivity contribution in [1.29, 1.82) is 0 Å². The molecule has 1 aromatic heterocycles. The highest BCUT2D eigenvalue weighted by Crippen LogP contribution is 2.08. The Morgan fingerprint density at radius 3 is 2.62 bits per heavy atom. The number of aryl methyl sites for hydroxylation is 1. The van der Waals surface area contributed by atoms with Gasteiger partial charge >= 0.3 is 0 Å². The van der Waals surface area contributed by atoms with Crippen LogP contribution in [0.5, 0.6) is 0 Å². The zero-order chi connectivity index (χ0) is 15.1. The van der Waals surface area contributed by atoms with Crippen molar-refractivity contribution in [2.75, 3.05) is 7.05 Å². The van der Waals surface area contributed by atoms with Crippen LogP contribution in [0.3, 0.4) is 0 Å². The first-order valence-corrected chi connectivity index (χ1v) is 7.03. The van der Waals surface area contributed by atoms with Crippen molar-refractivity contribution in [2.45, 2.75) is 25.8 Å². The number of pyridine rings is 1. The normalized spacial score (nSPS) is 10.4. The third-order valence-electron chi connectivity index (χ3n) is 3.31. The Kier molecular flexibility index (Phi) is 5.43. The van der Waals surface area contributed by atoms with Gasteiger partial charge in [-0.05, 0) is 42.7 Å². The van der Waals surface area contributed by atoms with Gasteiger partial charge in [-0.1, -0.05) is 18.2 Å². The molecule has 0 aliphatic heterocycles. The van der Waals surface area contributed by atoms with Crippen LogP contribution in [0.1, 0.15) is 24.1 Å². The van der Waals surface area contributed by atoms with Crippen LogP contribution in [0.25, 0.3) is 0 Å². The average Bonchev–Trinajstić information content (AvgIpc) is 2.50. The van der Waals surface area contributed by atoms with Crippen LogP contribution < -0.4 is 0 Å². The maximum atomic E-state index is 12.8. The first kappa shape index (κ1) is 15.2. The highest BCUT2D eigenvalue weighted by atomic mass is 19.1. The molecule has 110 valence electrons. The topological polar surface area (TPSA) is 33.2 Å². The molecule has 0 aliphatic carbocycles. The molecular weight excluding hydrogens is 267 g/mol. The van der Waals surface area contributed by atoms with E-state index in [0.29, 0.717) is 13.0 Å². The summed E-state index contributed by atoms with van der Waals surface area (Å²) in [5.74, 6) is -0.168. The van der Waals surface area contributed by atoms with Crippen LogP contribution in [0.2, 0.25) is 0 Å². The van der Waals surface area contributed by atoms with E-state index >= 15 is 0 Å². The van der Waals surface area contributed by atoms with Gasteiger partial charge in [0.2, 0.25) is 5.91 Å². The number of nitrogens with zero attached hydrogens (tertiary/aromatic N) is 2. The Balaban J connectivity index is 1.76. The Hall–Kier alpha value is -2.23. The van der Waals surface area contributed by atoms with Gasteiger partial charge in [0.25, 0.3) is 0 Å². The third-order valence-corrected chi connectivity index (χ3v) is 3.31. The molecule has 4 heteroatoms. The highest BCUT2D eigenvalue weighted by Gasteiger charge is 2.09. The van der Waals surface area contributed by atoms with Crippen LogP contribution in [-0.2, 0) is 17.8 Å². The zero-order valence-electron chi connectivity index (χ0n) is 12.1. The van der Waals surface area contributed by atoms with Gasteiger partial charge in [0, 0.05) is 31.9 Å². The number of hydrogen-bond donors (Lipinski definition) is 0. The molecule has 0 spiro atoms. The van der Waals surface area contributed by atoms with Crippen LogP contribution >= 0.6 is 0 Å². The van der Waals surface area contributed by atoms with E-state index in [1.807, 2.05) is 18.2 Å². The van der Waals surface area contributed by atoms with Crippen LogP contribution in [0.15, 0.2) is 48.7 Å². The molecule has 3 nitrogen and oxygen atoms in total. The van der Waals surface area contributed by atoms with Crippen molar-refractivity contribution in [3.05, 3.63) is 65.7 Å². The predicted octanol–water partition coefficient (Wildman–Crippen LogP) is 3.20. The lowest BCUT2D eigenvalue weighted by molar-refractivity contribution is -0.130. The van der Waals surface area contributed by atoms with E-state index in [-0.39, 0.29) is 11.7 Å². The molecule has 2 aromatic rings. The molecule has 1 amide bonds. The summed E-state index contributed by atoms with van der Waals surface area (Å²) in [6.07, 6.45) is 3.84. The van der Waals surface area contributed by atoms with Crippen molar-refractivity contribution >= 4 is 5.91 Å². The fraction of sp³-hybridized carbons (Fsp3) is 0.294. The minimum Gasteiger partial charge on any atom is -0.341 e. The number of carbonyl (C=O) groups is 1. The minimum absolute atomic E-state index is 0.0928. The molecular formula is C17H19FN2O. The largest absolute Gasteiger partial charge is 0.341 e. The van der Waals surface area contributed by atoms with Crippen LogP contribution in [-0.4, -0.2) is 22.8 Å².